The van der Waals surface area contributed by atoms with Crippen molar-refractivity contribution < 1.29 is 0 Å². The highest BCUT2D eigenvalue weighted by Crippen LogP contribution is 2.51. The summed E-state index contributed by atoms with van der Waals surface area (Å²) in [6.45, 7) is 7.17. The molecule has 1 aliphatic rings. The van der Waals surface area contributed by atoms with E-state index in [4.69, 9.17) is 0 Å². The third-order valence-corrected chi connectivity index (χ3v) is 7.21. The molecule has 3 unspecified atom stereocenters. The smallest absolute Gasteiger partial charge is 0.295 e. The number of hydrogen-bond donors (Lipinski definition) is 1. The number of tetrazole rings is 1. The van der Waals surface area contributed by atoms with Gasteiger partial charge in [0.2, 0.25) is 5.82 Å². The van der Waals surface area contributed by atoms with Crippen LogP contribution in [0.2, 0.25) is 0 Å². The Kier molecular flexibility index (Phi) is 6.13. The summed E-state index contributed by atoms with van der Waals surface area (Å²) in [6, 6.07) is 10.4. The largest absolute Gasteiger partial charge is 0.328 e. The Bertz CT molecular complexity index is 1300. The van der Waals surface area contributed by atoms with Gasteiger partial charge in [-0.3, -0.25) is 14.1 Å². The van der Waals surface area contributed by atoms with E-state index in [0.29, 0.717) is 30.2 Å². The van der Waals surface area contributed by atoms with E-state index >= 15 is 0 Å². The molecule has 0 bridgehead atoms. The number of benzene rings is 1. The maximum Gasteiger partial charge on any atom is 0.328 e. The molecule has 8 nitrogen and oxygen atoms in total. The number of nitrogens with one attached hydrogen (secondary N) is 1. The second kappa shape index (κ2) is 9.37. The second-order valence-electron chi connectivity index (χ2n) is 9.27. The molecule has 0 saturated heterocycles. The molecule has 176 valence electrons. The summed E-state index contributed by atoms with van der Waals surface area (Å²) < 4.78 is 3.96. The zero-order valence-corrected chi connectivity index (χ0v) is 20.0. The van der Waals surface area contributed by atoms with Crippen molar-refractivity contribution in [3.05, 3.63) is 70.7 Å². The Morgan fingerprint density at radius 3 is 2.56 bits per heavy atom. The van der Waals surface area contributed by atoms with Gasteiger partial charge in [0, 0.05) is 35.9 Å². The van der Waals surface area contributed by atoms with E-state index in [2.05, 4.69) is 52.6 Å². The van der Waals surface area contributed by atoms with Gasteiger partial charge in [-0.2, -0.15) is 5.21 Å². The van der Waals surface area contributed by atoms with E-state index < -0.39 is 0 Å². The van der Waals surface area contributed by atoms with Gasteiger partial charge in [-0.15, -0.1) is 10.2 Å². The Balaban J connectivity index is 1.48. The van der Waals surface area contributed by atoms with Crippen molar-refractivity contribution in [2.45, 2.75) is 59.0 Å². The number of aromatic nitrogens is 7. The number of aromatic amines is 1. The lowest BCUT2D eigenvalue weighted by atomic mass is 10.00. The number of nitrogens with zero attached hydrogens (tertiary/aromatic N) is 6. The molecule has 4 aromatic rings. The van der Waals surface area contributed by atoms with E-state index in [-0.39, 0.29) is 5.69 Å². The summed E-state index contributed by atoms with van der Waals surface area (Å²) in [4.78, 5) is 17.9. The molecule has 0 aliphatic heterocycles. The molecule has 3 heterocycles. The predicted octanol–water partition coefficient (Wildman–Crippen LogP) is 4.50. The Hall–Kier alpha value is -3.55. The molecule has 0 spiro atoms. The average Bonchev–Trinajstić information content (AvgIpc) is 3.19. The molecule has 1 saturated carbocycles. The van der Waals surface area contributed by atoms with E-state index in [9.17, 15) is 4.79 Å². The zero-order valence-electron chi connectivity index (χ0n) is 20.0. The van der Waals surface area contributed by atoms with Crippen molar-refractivity contribution in [3.8, 4) is 22.5 Å². The molecule has 34 heavy (non-hydrogen) atoms. The molecule has 1 aliphatic carbocycles. The normalized spacial score (nSPS) is 19.4. The fourth-order valence-corrected chi connectivity index (χ4v) is 5.17. The first-order valence-electron chi connectivity index (χ1n) is 12.2. The number of aryl methyl sites for hydroxylation is 1. The van der Waals surface area contributed by atoms with Crippen molar-refractivity contribution in [1.29, 1.82) is 0 Å². The van der Waals surface area contributed by atoms with Crippen LogP contribution in [0.25, 0.3) is 22.5 Å². The molecule has 5 rings (SSSR count). The summed E-state index contributed by atoms with van der Waals surface area (Å²) in [5, 5.41) is 14.2. The van der Waals surface area contributed by atoms with Gasteiger partial charge in [0.15, 0.2) is 0 Å². The lowest BCUT2D eigenvalue weighted by molar-refractivity contribution is 0.594. The highest BCUT2D eigenvalue weighted by Gasteiger charge is 2.47. The molecule has 1 N–H and O–H groups in total. The minimum atomic E-state index is 0.0983. The van der Waals surface area contributed by atoms with Gasteiger partial charge in [-0.25, -0.2) is 4.79 Å². The number of unbranched alkanes of at least 4 members (excludes halogenated alkanes) is 1. The van der Waals surface area contributed by atoms with Crippen molar-refractivity contribution in [2.24, 2.45) is 11.8 Å². The first-order valence-corrected chi connectivity index (χ1v) is 12.2. The first kappa shape index (κ1) is 22.3. The van der Waals surface area contributed by atoms with Crippen molar-refractivity contribution in [2.75, 3.05) is 0 Å². The quantitative estimate of drug-likeness (QED) is 0.399. The Labute approximate surface area is 199 Å². The molecular weight excluding hydrogens is 426 g/mol. The summed E-state index contributed by atoms with van der Waals surface area (Å²) in [5.74, 6) is 1.72. The lowest BCUT2D eigenvalue weighted by Crippen LogP contribution is -2.26. The van der Waals surface area contributed by atoms with Gasteiger partial charge in [0.1, 0.15) is 0 Å². The third kappa shape index (κ3) is 4.08. The van der Waals surface area contributed by atoms with Crippen molar-refractivity contribution >= 4 is 0 Å². The monoisotopic (exact) mass is 457 g/mol. The predicted molar refractivity (Wildman–Crippen MR) is 131 cm³/mol. The van der Waals surface area contributed by atoms with Gasteiger partial charge in [0.25, 0.3) is 0 Å². The fraction of sp³-hybridized carbons (Fsp3) is 0.423. The molecule has 1 fully saturated rings. The van der Waals surface area contributed by atoms with Crippen LogP contribution in [0.15, 0.2) is 53.7 Å². The first-order chi connectivity index (χ1) is 16.6. The summed E-state index contributed by atoms with van der Waals surface area (Å²) >= 11 is 0. The van der Waals surface area contributed by atoms with Crippen LogP contribution in [0.3, 0.4) is 0 Å². The molecule has 8 heteroatoms. The van der Waals surface area contributed by atoms with Crippen LogP contribution in [0.1, 0.15) is 57.3 Å². The van der Waals surface area contributed by atoms with Crippen molar-refractivity contribution in [3.63, 3.8) is 0 Å². The van der Waals surface area contributed by atoms with Crippen molar-refractivity contribution in [1.82, 2.24) is 34.7 Å². The number of imidazole rings is 1. The van der Waals surface area contributed by atoms with Crippen LogP contribution in [0.4, 0.5) is 0 Å². The number of rotatable bonds is 9. The van der Waals surface area contributed by atoms with E-state index in [0.717, 1.165) is 53.6 Å². The molecule has 3 atom stereocenters. The number of hydrogen-bond acceptors (Lipinski definition) is 5. The van der Waals surface area contributed by atoms with Crippen LogP contribution in [0, 0.1) is 11.8 Å². The summed E-state index contributed by atoms with van der Waals surface area (Å²) in [5.41, 5.74) is 5.27. The Morgan fingerprint density at radius 1 is 1.09 bits per heavy atom. The molecular formula is C26H31N7O. The SMILES string of the molecule is CCCCc1cn(C2C(C)C2CC)c(=O)n1Cc1cnccc1-c1ccc(-c2nn[nH]n2)cc1. The molecule has 0 amide bonds. The maximum atomic E-state index is 13.6. The molecule has 3 aromatic heterocycles. The van der Waals surface area contributed by atoms with Gasteiger partial charge in [0.05, 0.1) is 6.54 Å². The summed E-state index contributed by atoms with van der Waals surface area (Å²) in [6.07, 6.45) is 9.98. The standard InChI is InChI=1S/C26H31N7O/c1-4-6-7-21-16-33(24-17(3)22(24)5-2)26(34)32(21)15-20-14-27-13-12-23(20)18-8-10-19(11-9-18)25-28-30-31-29-25/h8-14,16-17,22,24H,4-7,15H2,1-3H3,(H,28,29,30,31). The van der Waals surface area contributed by atoms with Gasteiger partial charge in [-0.1, -0.05) is 57.9 Å². The number of pyridine rings is 1. The van der Waals surface area contributed by atoms with Gasteiger partial charge >= 0.3 is 5.69 Å². The fourth-order valence-electron chi connectivity index (χ4n) is 5.17. The second-order valence-corrected chi connectivity index (χ2v) is 9.27. The van der Waals surface area contributed by atoms with E-state index in [1.165, 1.54) is 0 Å². The molecule has 0 radical (unpaired) electrons. The van der Waals surface area contributed by atoms with Crippen LogP contribution in [-0.4, -0.2) is 34.7 Å². The van der Waals surface area contributed by atoms with E-state index in [1.54, 1.807) is 6.20 Å². The highest BCUT2D eigenvalue weighted by molar-refractivity contribution is 5.69. The summed E-state index contributed by atoms with van der Waals surface area (Å²) in [7, 11) is 0. The van der Waals surface area contributed by atoms with Crippen LogP contribution in [-0.2, 0) is 13.0 Å². The molecule has 1 aromatic carbocycles. The topological polar surface area (TPSA) is 94.3 Å². The van der Waals surface area contributed by atoms with Crippen LogP contribution >= 0.6 is 0 Å². The minimum Gasteiger partial charge on any atom is -0.295 e. The minimum absolute atomic E-state index is 0.0983. The lowest BCUT2D eigenvalue weighted by Gasteiger charge is -2.12. The van der Waals surface area contributed by atoms with E-state index in [1.807, 2.05) is 45.7 Å². The number of H-pyrrole nitrogens is 1. The van der Waals surface area contributed by atoms with Gasteiger partial charge in [-0.05, 0) is 52.6 Å². The van der Waals surface area contributed by atoms with Crippen LogP contribution in [0.5, 0.6) is 0 Å². The van der Waals surface area contributed by atoms with Gasteiger partial charge < -0.3 is 0 Å². The highest BCUT2D eigenvalue weighted by atomic mass is 16.1. The average molecular weight is 458 g/mol. The maximum absolute atomic E-state index is 13.6. The zero-order chi connectivity index (χ0) is 23.7. The Morgan fingerprint density at radius 2 is 1.88 bits per heavy atom. The van der Waals surface area contributed by atoms with Crippen LogP contribution < -0.4 is 5.69 Å². The third-order valence-electron chi connectivity index (χ3n) is 7.21.